The van der Waals surface area contributed by atoms with Crippen molar-refractivity contribution in [2.24, 2.45) is 5.92 Å². The molecular formula is C16H23NO2. The Kier molecular flexibility index (Phi) is 4.83. The average molecular weight is 261 g/mol. The number of rotatable bonds is 5. The van der Waals surface area contributed by atoms with Gasteiger partial charge in [-0.05, 0) is 44.7 Å². The maximum atomic E-state index is 12.0. The minimum absolute atomic E-state index is 0.103. The van der Waals surface area contributed by atoms with E-state index in [0.717, 1.165) is 11.4 Å². The lowest BCUT2D eigenvalue weighted by molar-refractivity contribution is -0.117. The number of amides is 1. The van der Waals surface area contributed by atoms with Gasteiger partial charge in [0.15, 0.2) is 0 Å². The predicted octanol–water partition coefficient (Wildman–Crippen LogP) is 3.99. The van der Waals surface area contributed by atoms with Crippen LogP contribution in [-0.2, 0) is 4.79 Å². The first-order valence-corrected chi connectivity index (χ1v) is 7.20. The van der Waals surface area contributed by atoms with E-state index in [4.69, 9.17) is 4.74 Å². The van der Waals surface area contributed by atoms with Gasteiger partial charge in [0.25, 0.3) is 0 Å². The zero-order valence-electron chi connectivity index (χ0n) is 11.8. The Hall–Kier alpha value is -1.51. The van der Waals surface area contributed by atoms with E-state index in [-0.39, 0.29) is 12.0 Å². The first-order chi connectivity index (χ1) is 9.15. The van der Waals surface area contributed by atoms with E-state index in [0.29, 0.717) is 12.3 Å². The summed E-state index contributed by atoms with van der Waals surface area (Å²) in [7, 11) is 0. The number of hydrogen-bond donors (Lipinski definition) is 1. The topological polar surface area (TPSA) is 38.3 Å². The molecule has 19 heavy (non-hydrogen) atoms. The van der Waals surface area contributed by atoms with Crippen molar-refractivity contribution in [1.82, 2.24) is 0 Å². The van der Waals surface area contributed by atoms with Gasteiger partial charge in [0, 0.05) is 6.42 Å². The molecule has 1 amide bonds. The first-order valence-electron chi connectivity index (χ1n) is 7.20. The normalized spacial score (nSPS) is 15.7. The van der Waals surface area contributed by atoms with Crippen LogP contribution in [-0.4, -0.2) is 12.0 Å². The summed E-state index contributed by atoms with van der Waals surface area (Å²) < 4.78 is 5.70. The summed E-state index contributed by atoms with van der Waals surface area (Å²) in [6.45, 7) is 3.97. The molecule has 0 aromatic heterocycles. The molecule has 0 atom stereocenters. The minimum Gasteiger partial charge on any atom is -0.489 e. The maximum absolute atomic E-state index is 12.0. The highest BCUT2D eigenvalue weighted by Gasteiger charge is 2.19. The highest BCUT2D eigenvalue weighted by molar-refractivity contribution is 5.92. The first kappa shape index (κ1) is 13.9. The summed E-state index contributed by atoms with van der Waals surface area (Å²) in [5, 5.41) is 2.98. The molecule has 2 rings (SSSR count). The Labute approximate surface area is 115 Å². The summed E-state index contributed by atoms with van der Waals surface area (Å²) in [5.74, 6) is 1.42. The summed E-state index contributed by atoms with van der Waals surface area (Å²) in [5.41, 5.74) is 0.777. The van der Waals surface area contributed by atoms with E-state index in [2.05, 4.69) is 5.32 Å². The van der Waals surface area contributed by atoms with E-state index in [9.17, 15) is 4.79 Å². The number of carbonyl (C=O) groups excluding carboxylic acids is 1. The molecule has 104 valence electrons. The smallest absolute Gasteiger partial charge is 0.224 e. The molecule has 0 bridgehead atoms. The molecule has 1 saturated carbocycles. The lowest BCUT2D eigenvalue weighted by Crippen LogP contribution is -2.16. The van der Waals surface area contributed by atoms with Crippen molar-refractivity contribution in [3.63, 3.8) is 0 Å². The van der Waals surface area contributed by atoms with Crippen LogP contribution >= 0.6 is 0 Å². The Bertz CT molecular complexity index is 423. The quantitative estimate of drug-likeness (QED) is 0.870. The van der Waals surface area contributed by atoms with E-state index in [1.54, 1.807) is 0 Å². The van der Waals surface area contributed by atoms with Crippen molar-refractivity contribution >= 4 is 11.6 Å². The van der Waals surface area contributed by atoms with Gasteiger partial charge < -0.3 is 10.1 Å². The average Bonchev–Trinajstić information content (AvgIpc) is 2.83. The second-order valence-electron chi connectivity index (χ2n) is 5.57. The Balaban J connectivity index is 1.95. The van der Waals surface area contributed by atoms with Crippen LogP contribution in [0.15, 0.2) is 24.3 Å². The largest absolute Gasteiger partial charge is 0.489 e. The number of carbonyl (C=O) groups is 1. The maximum Gasteiger partial charge on any atom is 0.224 e. The molecule has 1 aromatic rings. The van der Waals surface area contributed by atoms with E-state index in [1.165, 1.54) is 25.7 Å². The Morgan fingerprint density at radius 3 is 2.68 bits per heavy atom. The minimum atomic E-state index is 0.103. The van der Waals surface area contributed by atoms with Crippen LogP contribution in [0.5, 0.6) is 5.75 Å². The number of anilines is 1. The molecule has 1 aliphatic carbocycles. The van der Waals surface area contributed by atoms with Crippen LogP contribution in [0.1, 0.15) is 46.0 Å². The van der Waals surface area contributed by atoms with Gasteiger partial charge in [0.05, 0.1) is 11.8 Å². The van der Waals surface area contributed by atoms with Gasteiger partial charge in [-0.25, -0.2) is 0 Å². The third kappa shape index (κ3) is 4.27. The predicted molar refractivity (Wildman–Crippen MR) is 77.4 cm³/mol. The fourth-order valence-electron chi connectivity index (χ4n) is 2.60. The molecule has 1 aromatic carbocycles. The molecule has 0 unspecified atom stereocenters. The zero-order valence-corrected chi connectivity index (χ0v) is 11.8. The molecule has 1 aliphatic rings. The van der Waals surface area contributed by atoms with Crippen molar-refractivity contribution in [2.75, 3.05) is 5.32 Å². The highest BCUT2D eigenvalue weighted by Crippen LogP contribution is 2.29. The van der Waals surface area contributed by atoms with Crippen molar-refractivity contribution < 1.29 is 9.53 Å². The molecule has 0 saturated heterocycles. The van der Waals surface area contributed by atoms with Gasteiger partial charge in [0.2, 0.25) is 5.91 Å². The molecular weight excluding hydrogens is 238 g/mol. The lowest BCUT2D eigenvalue weighted by Gasteiger charge is -2.15. The Morgan fingerprint density at radius 1 is 1.32 bits per heavy atom. The second kappa shape index (κ2) is 6.60. The number of nitrogens with one attached hydrogen (secondary N) is 1. The van der Waals surface area contributed by atoms with Crippen LogP contribution in [0.25, 0.3) is 0 Å². The number of benzene rings is 1. The second-order valence-corrected chi connectivity index (χ2v) is 5.57. The third-order valence-corrected chi connectivity index (χ3v) is 3.47. The molecule has 1 fully saturated rings. The molecule has 0 aliphatic heterocycles. The molecule has 0 heterocycles. The number of hydrogen-bond acceptors (Lipinski definition) is 2. The zero-order chi connectivity index (χ0) is 13.7. The van der Waals surface area contributed by atoms with Gasteiger partial charge in [-0.3, -0.25) is 4.79 Å². The fourth-order valence-corrected chi connectivity index (χ4v) is 2.60. The van der Waals surface area contributed by atoms with Crippen molar-refractivity contribution in [2.45, 2.75) is 52.1 Å². The van der Waals surface area contributed by atoms with Gasteiger partial charge in [-0.1, -0.05) is 25.0 Å². The lowest BCUT2D eigenvalue weighted by atomic mass is 10.0. The summed E-state index contributed by atoms with van der Waals surface area (Å²) in [6.07, 6.45) is 5.66. The molecule has 0 spiro atoms. The summed E-state index contributed by atoms with van der Waals surface area (Å²) in [6, 6.07) is 7.62. The van der Waals surface area contributed by atoms with E-state index < -0.39 is 0 Å². The number of para-hydroxylation sites is 2. The van der Waals surface area contributed by atoms with Crippen LogP contribution in [0.4, 0.5) is 5.69 Å². The van der Waals surface area contributed by atoms with Crippen LogP contribution in [0, 0.1) is 5.92 Å². The van der Waals surface area contributed by atoms with Gasteiger partial charge >= 0.3 is 0 Å². The van der Waals surface area contributed by atoms with Crippen LogP contribution in [0.3, 0.4) is 0 Å². The van der Waals surface area contributed by atoms with Crippen LogP contribution < -0.4 is 10.1 Å². The van der Waals surface area contributed by atoms with E-state index in [1.807, 2.05) is 38.1 Å². The monoisotopic (exact) mass is 261 g/mol. The fraction of sp³-hybridized carbons (Fsp3) is 0.562. The summed E-state index contributed by atoms with van der Waals surface area (Å²) in [4.78, 5) is 12.0. The number of ether oxygens (including phenoxy) is 1. The van der Waals surface area contributed by atoms with E-state index >= 15 is 0 Å². The third-order valence-electron chi connectivity index (χ3n) is 3.47. The Morgan fingerprint density at radius 2 is 2.00 bits per heavy atom. The standard InChI is InChI=1S/C16H23NO2/c1-12(2)19-15-10-6-5-9-14(15)17-16(18)11-13-7-3-4-8-13/h5-6,9-10,12-13H,3-4,7-8,11H2,1-2H3,(H,17,18). The SMILES string of the molecule is CC(C)Oc1ccccc1NC(=O)CC1CCCC1. The van der Waals surface area contributed by atoms with Crippen molar-refractivity contribution in [3.05, 3.63) is 24.3 Å². The van der Waals surface area contributed by atoms with Gasteiger partial charge in [-0.15, -0.1) is 0 Å². The van der Waals surface area contributed by atoms with Crippen LogP contribution in [0.2, 0.25) is 0 Å². The van der Waals surface area contributed by atoms with Gasteiger partial charge in [-0.2, -0.15) is 0 Å². The van der Waals surface area contributed by atoms with Crippen molar-refractivity contribution in [3.8, 4) is 5.75 Å². The highest BCUT2D eigenvalue weighted by atomic mass is 16.5. The van der Waals surface area contributed by atoms with Gasteiger partial charge in [0.1, 0.15) is 5.75 Å². The molecule has 0 radical (unpaired) electrons. The molecule has 3 nitrogen and oxygen atoms in total. The van der Waals surface area contributed by atoms with Crippen molar-refractivity contribution in [1.29, 1.82) is 0 Å². The molecule has 1 N–H and O–H groups in total. The summed E-state index contributed by atoms with van der Waals surface area (Å²) >= 11 is 0. The molecule has 3 heteroatoms.